The lowest BCUT2D eigenvalue weighted by molar-refractivity contribution is -0.131. The number of carbonyl (C=O) groups is 1. The first-order chi connectivity index (χ1) is 19.8. The number of aromatic nitrogens is 1. The van der Waals surface area contributed by atoms with E-state index in [0.717, 1.165) is 26.0 Å². The Labute approximate surface area is 241 Å². The van der Waals surface area contributed by atoms with Gasteiger partial charge in [0.1, 0.15) is 12.4 Å². The molecule has 0 bridgehead atoms. The fourth-order valence-corrected chi connectivity index (χ4v) is 7.29. The number of amides is 1. The number of nitrogens with zero attached hydrogens (tertiary/aromatic N) is 4. The van der Waals surface area contributed by atoms with E-state index in [2.05, 4.69) is 4.98 Å². The Morgan fingerprint density at radius 2 is 1.80 bits per heavy atom. The van der Waals surface area contributed by atoms with Crippen molar-refractivity contribution in [2.45, 2.75) is 24.3 Å². The number of pyridine rings is 1. The maximum Gasteiger partial charge on any atom is 0.265 e. The molecule has 1 amide bonds. The SMILES string of the molecule is Cc1ccc(C2CC(c3cccs3)=NN2C(=O)CN(c2ccc(F)cc2)S(=O)(=O)c2cccc3cnccc23)cc1. The van der Waals surface area contributed by atoms with Crippen LogP contribution in [0.3, 0.4) is 0 Å². The number of sulfonamides is 1. The van der Waals surface area contributed by atoms with E-state index in [9.17, 15) is 17.6 Å². The van der Waals surface area contributed by atoms with E-state index in [0.29, 0.717) is 17.2 Å². The molecular weight excluding hydrogens is 559 g/mol. The monoisotopic (exact) mass is 584 g/mol. The number of halogens is 1. The molecule has 10 heteroatoms. The Kier molecular flexibility index (Phi) is 7.10. The zero-order chi connectivity index (χ0) is 28.6. The summed E-state index contributed by atoms with van der Waals surface area (Å²) in [5.74, 6) is -1.02. The number of thiophene rings is 1. The Hall–Kier alpha value is -4.41. The summed E-state index contributed by atoms with van der Waals surface area (Å²) < 4.78 is 43.3. The standard InChI is InChI=1S/C31H25FN4O3S2/c1-21-7-9-22(10-8-21)28-18-27(29-5-3-17-40-29)34-36(28)31(37)20-35(25-13-11-24(32)12-14-25)41(38,39)30-6-2-4-23-19-33-16-15-26(23)30/h2-17,19,28H,18,20H2,1H3. The van der Waals surface area contributed by atoms with Gasteiger partial charge in [-0.05, 0) is 60.3 Å². The van der Waals surface area contributed by atoms with Gasteiger partial charge in [0.05, 0.1) is 27.2 Å². The molecule has 41 heavy (non-hydrogen) atoms. The highest BCUT2D eigenvalue weighted by Gasteiger charge is 2.37. The lowest BCUT2D eigenvalue weighted by atomic mass is 10.00. The van der Waals surface area contributed by atoms with Gasteiger partial charge < -0.3 is 0 Å². The minimum absolute atomic E-state index is 0.0220. The van der Waals surface area contributed by atoms with E-state index in [-0.39, 0.29) is 10.6 Å². The number of hydrogen-bond acceptors (Lipinski definition) is 6. The summed E-state index contributed by atoms with van der Waals surface area (Å²) in [6.45, 7) is 1.46. The van der Waals surface area contributed by atoms with Crippen LogP contribution < -0.4 is 4.31 Å². The summed E-state index contributed by atoms with van der Waals surface area (Å²) in [4.78, 5) is 19.1. The molecule has 3 heterocycles. The first-order valence-corrected chi connectivity index (χ1v) is 15.2. The average Bonchev–Trinajstić information content (AvgIpc) is 3.67. The molecule has 0 saturated carbocycles. The predicted octanol–water partition coefficient (Wildman–Crippen LogP) is 6.32. The zero-order valence-electron chi connectivity index (χ0n) is 22.0. The van der Waals surface area contributed by atoms with Crippen LogP contribution in [0.2, 0.25) is 0 Å². The molecule has 5 aromatic rings. The Morgan fingerprint density at radius 1 is 1.02 bits per heavy atom. The van der Waals surface area contributed by atoms with E-state index in [1.807, 2.05) is 48.7 Å². The Morgan fingerprint density at radius 3 is 2.54 bits per heavy atom. The molecule has 1 aliphatic rings. The zero-order valence-corrected chi connectivity index (χ0v) is 23.6. The minimum atomic E-state index is -4.27. The highest BCUT2D eigenvalue weighted by molar-refractivity contribution is 7.93. The molecule has 7 nitrogen and oxygen atoms in total. The van der Waals surface area contributed by atoms with Crippen LogP contribution in [-0.4, -0.2) is 36.6 Å². The molecule has 3 aromatic carbocycles. The molecule has 6 rings (SSSR count). The van der Waals surface area contributed by atoms with Gasteiger partial charge in [0.2, 0.25) is 0 Å². The van der Waals surface area contributed by atoms with Crippen LogP contribution in [0.15, 0.2) is 113 Å². The van der Waals surface area contributed by atoms with Crippen LogP contribution >= 0.6 is 11.3 Å². The van der Waals surface area contributed by atoms with Crippen LogP contribution in [0.5, 0.6) is 0 Å². The third kappa shape index (κ3) is 5.23. The number of rotatable bonds is 7. The lowest BCUT2D eigenvalue weighted by Crippen LogP contribution is -2.41. The molecule has 0 fully saturated rings. The second kappa shape index (κ2) is 10.9. The molecule has 1 unspecified atom stereocenters. The number of benzene rings is 3. The van der Waals surface area contributed by atoms with Gasteiger partial charge in [0.25, 0.3) is 15.9 Å². The van der Waals surface area contributed by atoms with Crippen molar-refractivity contribution in [1.29, 1.82) is 0 Å². The molecule has 0 aliphatic carbocycles. The van der Waals surface area contributed by atoms with Crippen molar-refractivity contribution in [3.63, 3.8) is 0 Å². The van der Waals surface area contributed by atoms with Crippen molar-refractivity contribution < 1.29 is 17.6 Å². The minimum Gasteiger partial charge on any atom is -0.271 e. The van der Waals surface area contributed by atoms with E-state index in [4.69, 9.17) is 5.10 Å². The average molecular weight is 585 g/mol. The third-order valence-electron chi connectivity index (χ3n) is 7.04. The van der Waals surface area contributed by atoms with Gasteiger partial charge >= 0.3 is 0 Å². The van der Waals surface area contributed by atoms with Crippen molar-refractivity contribution in [3.05, 3.63) is 125 Å². The van der Waals surface area contributed by atoms with Gasteiger partial charge in [-0.2, -0.15) is 5.10 Å². The van der Waals surface area contributed by atoms with Crippen LogP contribution in [-0.2, 0) is 14.8 Å². The van der Waals surface area contributed by atoms with E-state index in [1.165, 1.54) is 52.9 Å². The molecule has 2 aromatic heterocycles. The molecule has 1 aliphatic heterocycles. The molecule has 0 radical (unpaired) electrons. The van der Waals surface area contributed by atoms with Gasteiger partial charge in [0, 0.05) is 29.6 Å². The van der Waals surface area contributed by atoms with Gasteiger partial charge in [-0.25, -0.2) is 17.8 Å². The molecule has 0 saturated heterocycles. The third-order valence-corrected chi connectivity index (χ3v) is 9.79. The van der Waals surface area contributed by atoms with Crippen molar-refractivity contribution in [3.8, 4) is 0 Å². The van der Waals surface area contributed by atoms with Gasteiger partial charge in [-0.3, -0.25) is 14.1 Å². The number of hydrogen-bond donors (Lipinski definition) is 0. The highest BCUT2D eigenvalue weighted by atomic mass is 32.2. The molecule has 0 spiro atoms. The summed E-state index contributed by atoms with van der Waals surface area (Å²) in [5, 5.41) is 9.15. The van der Waals surface area contributed by atoms with Crippen molar-refractivity contribution in [2.75, 3.05) is 10.8 Å². The van der Waals surface area contributed by atoms with Gasteiger partial charge in [-0.1, -0.05) is 48.0 Å². The largest absolute Gasteiger partial charge is 0.271 e. The molecule has 206 valence electrons. The molecule has 1 atom stereocenters. The topological polar surface area (TPSA) is 82.9 Å². The summed E-state index contributed by atoms with van der Waals surface area (Å²) in [7, 11) is -4.27. The Bertz CT molecular complexity index is 1850. The highest BCUT2D eigenvalue weighted by Crippen LogP contribution is 2.35. The fourth-order valence-electron chi connectivity index (χ4n) is 4.93. The number of anilines is 1. The molecule has 0 N–H and O–H groups in total. The first kappa shape index (κ1) is 26.8. The van der Waals surface area contributed by atoms with Crippen LogP contribution in [0, 0.1) is 12.7 Å². The Balaban J connectivity index is 1.42. The van der Waals surface area contributed by atoms with Crippen molar-refractivity contribution in [2.24, 2.45) is 5.10 Å². The van der Waals surface area contributed by atoms with E-state index in [1.54, 1.807) is 24.4 Å². The number of fused-ring (bicyclic) bond motifs is 1. The number of aryl methyl sites for hydroxylation is 1. The second-order valence-electron chi connectivity index (χ2n) is 9.73. The van der Waals surface area contributed by atoms with Gasteiger partial charge in [-0.15, -0.1) is 11.3 Å². The van der Waals surface area contributed by atoms with E-state index >= 15 is 0 Å². The maximum absolute atomic E-state index is 14.2. The van der Waals surface area contributed by atoms with Crippen molar-refractivity contribution >= 4 is 49.4 Å². The lowest BCUT2D eigenvalue weighted by Gasteiger charge is -2.28. The fraction of sp³-hybridized carbons (Fsp3) is 0.129. The maximum atomic E-state index is 14.2. The van der Waals surface area contributed by atoms with E-state index < -0.39 is 34.3 Å². The predicted molar refractivity (Wildman–Crippen MR) is 159 cm³/mol. The van der Waals surface area contributed by atoms with Crippen LogP contribution in [0.1, 0.15) is 28.5 Å². The van der Waals surface area contributed by atoms with Gasteiger partial charge in [0.15, 0.2) is 0 Å². The van der Waals surface area contributed by atoms with Crippen molar-refractivity contribution in [1.82, 2.24) is 9.99 Å². The smallest absolute Gasteiger partial charge is 0.265 e. The summed E-state index contributed by atoms with van der Waals surface area (Å²) >= 11 is 1.53. The second-order valence-corrected chi connectivity index (χ2v) is 12.5. The summed E-state index contributed by atoms with van der Waals surface area (Å²) in [6, 6.07) is 22.9. The quantitative estimate of drug-likeness (QED) is 0.224. The normalized spacial score (nSPS) is 15.2. The first-order valence-electron chi connectivity index (χ1n) is 12.9. The van der Waals surface area contributed by atoms with Crippen LogP contribution in [0.4, 0.5) is 10.1 Å². The summed E-state index contributed by atoms with van der Waals surface area (Å²) in [6.07, 6.45) is 3.60. The number of carbonyl (C=O) groups excluding carboxylic acids is 1. The molecular formula is C31H25FN4O3S2. The number of hydrazone groups is 1. The van der Waals surface area contributed by atoms with Crippen LogP contribution in [0.25, 0.3) is 10.8 Å². The summed E-state index contributed by atoms with van der Waals surface area (Å²) in [5.41, 5.74) is 2.91.